The van der Waals surface area contributed by atoms with Crippen molar-refractivity contribution in [1.82, 2.24) is 0 Å². The number of anilines is 2. The summed E-state index contributed by atoms with van der Waals surface area (Å²) in [5.74, 6) is 0.296. The van der Waals surface area contributed by atoms with Crippen LogP contribution in [0.1, 0.15) is 38.2 Å². The predicted octanol–water partition coefficient (Wildman–Crippen LogP) is 2.74. The third-order valence-corrected chi connectivity index (χ3v) is 4.53. The fourth-order valence-electron chi connectivity index (χ4n) is 3.37. The lowest BCUT2D eigenvalue weighted by atomic mass is 9.87. The molecule has 1 saturated carbocycles. The largest absolute Gasteiger partial charge is 0.398 e. The van der Waals surface area contributed by atoms with Crippen molar-refractivity contribution >= 4 is 17.3 Å². The van der Waals surface area contributed by atoms with Gasteiger partial charge < -0.3 is 10.6 Å². The van der Waals surface area contributed by atoms with E-state index in [0.717, 1.165) is 42.7 Å². The van der Waals surface area contributed by atoms with Crippen molar-refractivity contribution in [2.24, 2.45) is 5.41 Å². The van der Waals surface area contributed by atoms with Gasteiger partial charge in [0, 0.05) is 28.9 Å². The molecule has 2 N–H and O–H groups in total. The van der Waals surface area contributed by atoms with Crippen LogP contribution in [0.4, 0.5) is 11.4 Å². The Morgan fingerprint density at radius 3 is 2.78 bits per heavy atom. The summed E-state index contributed by atoms with van der Waals surface area (Å²) < 4.78 is 0. The SMILES string of the molecule is CC1(C(=O)N2CCc3c(N)cccc32)CCCC1. The fraction of sp³-hybridized carbons (Fsp3) is 0.533. The summed E-state index contributed by atoms with van der Waals surface area (Å²) >= 11 is 0. The van der Waals surface area contributed by atoms with Crippen molar-refractivity contribution in [3.8, 4) is 0 Å². The highest BCUT2D eigenvalue weighted by Gasteiger charge is 2.41. The molecule has 0 saturated heterocycles. The minimum atomic E-state index is -0.147. The number of nitrogens with two attached hydrogens (primary N) is 1. The van der Waals surface area contributed by atoms with Gasteiger partial charge in [-0.25, -0.2) is 0 Å². The molecule has 0 spiro atoms. The van der Waals surface area contributed by atoms with Crippen LogP contribution in [0.5, 0.6) is 0 Å². The zero-order chi connectivity index (χ0) is 12.8. The molecule has 1 aliphatic carbocycles. The number of hydrogen-bond donors (Lipinski definition) is 1. The van der Waals surface area contributed by atoms with Crippen LogP contribution in [0.2, 0.25) is 0 Å². The second kappa shape index (κ2) is 4.01. The van der Waals surface area contributed by atoms with E-state index in [1.165, 1.54) is 12.8 Å². The lowest BCUT2D eigenvalue weighted by Gasteiger charge is -2.29. The van der Waals surface area contributed by atoms with Gasteiger partial charge in [0.15, 0.2) is 0 Å². The van der Waals surface area contributed by atoms with Gasteiger partial charge in [-0.2, -0.15) is 0 Å². The van der Waals surface area contributed by atoms with E-state index in [-0.39, 0.29) is 5.41 Å². The number of carbonyl (C=O) groups is 1. The fourth-order valence-corrected chi connectivity index (χ4v) is 3.37. The number of nitrogen functional groups attached to an aromatic ring is 1. The number of amides is 1. The van der Waals surface area contributed by atoms with E-state index in [1.807, 2.05) is 23.1 Å². The lowest BCUT2D eigenvalue weighted by molar-refractivity contribution is -0.127. The summed E-state index contributed by atoms with van der Waals surface area (Å²) in [5.41, 5.74) is 8.84. The van der Waals surface area contributed by atoms with Gasteiger partial charge in [0.2, 0.25) is 5.91 Å². The third-order valence-electron chi connectivity index (χ3n) is 4.53. The maximum atomic E-state index is 12.7. The summed E-state index contributed by atoms with van der Waals surface area (Å²) in [5, 5.41) is 0. The van der Waals surface area contributed by atoms with Gasteiger partial charge in [-0.05, 0) is 31.4 Å². The van der Waals surface area contributed by atoms with Crippen molar-refractivity contribution in [1.29, 1.82) is 0 Å². The van der Waals surface area contributed by atoms with Gasteiger partial charge in [-0.15, -0.1) is 0 Å². The average Bonchev–Trinajstić information content (AvgIpc) is 2.96. The molecule has 1 heterocycles. The van der Waals surface area contributed by atoms with Crippen LogP contribution in [0.15, 0.2) is 18.2 Å². The summed E-state index contributed by atoms with van der Waals surface area (Å²) in [6.07, 6.45) is 5.31. The molecule has 2 aliphatic rings. The highest BCUT2D eigenvalue weighted by molar-refractivity contribution is 6.00. The summed E-state index contributed by atoms with van der Waals surface area (Å²) in [6.45, 7) is 2.91. The molecule has 3 heteroatoms. The predicted molar refractivity (Wildman–Crippen MR) is 73.5 cm³/mol. The van der Waals surface area contributed by atoms with Gasteiger partial charge in [-0.3, -0.25) is 4.79 Å². The maximum Gasteiger partial charge on any atom is 0.232 e. The summed E-state index contributed by atoms with van der Waals surface area (Å²) in [4.78, 5) is 14.7. The number of benzene rings is 1. The molecule has 1 amide bonds. The minimum absolute atomic E-state index is 0.147. The normalized spacial score (nSPS) is 21.1. The summed E-state index contributed by atoms with van der Waals surface area (Å²) in [7, 11) is 0. The van der Waals surface area contributed by atoms with Gasteiger partial charge in [0.1, 0.15) is 0 Å². The first kappa shape index (κ1) is 11.6. The Balaban J connectivity index is 1.93. The minimum Gasteiger partial charge on any atom is -0.398 e. The molecule has 1 aliphatic heterocycles. The van der Waals surface area contributed by atoms with Crippen molar-refractivity contribution in [2.45, 2.75) is 39.0 Å². The van der Waals surface area contributed by atoms with Gasteiger partial charge in [0.25, 0.3) is 0 Å². The highest BCUT2D eigenvalue weighted by Crippen LogP contribution is 2.42. The zero-order valence-electron chi connectivity index (χ0n) is 10.9. The molecule has 0 radical (unpaired) electrons. The smallest absolute Gasteiger partial charge is 0.232 e. The van der Waals surface area contributed by atoms with E-state index in [2.05, 4.69) is 6.92 Å². The molecule has 1 fully saturated rings. The Morgan fingerprint density at radius 1 is 1.33 bits per heavy atom. The molecular weight excluding hydrogens is 224 g/mol. The Morgan fingerprint density at radius 2 is 2.06 bits per heavy atom. The lowest BCUT2D eigenvalue weighted by Crippen LogP contribution is -2.40. The molecule has 0 atom stereocenters. The quantitative estimate of drug-likeness (QED) is 0.772. The molecule has 18 heavy (non-hydrogen) atoms. The van der Waals surface area contributed by atoms with E-state index in [9.17, 15) is 4.79 Å². The number of fused-ring (bicyclic) bond motifs is 1. The van der Waals surface area contributed by atoms with Crippen LogP contribution < -0.4 is 10.6 Å². The monoisotopic (exact) mass is 244 g/mol. The zero-order valence-corrected chi connectivity index (χ0v) is 10.9. The average molecular weight is 244 g/mol. The van der Waals surface area contributed by atoms with Crippen LogP contribution in [-0.2, 0) is 11.2 Å². The molecule has 0 unspecified atom stereocenters. The van der Waals surface area contributed by atoms with Gasteiger partial charge in [-0.1, -0.05) is 25.8 Å². The number of rotatable bonds is 1. The maximum absolute atomic E-state index is 12.7. The van der Waals surface area contributed by atoms with Gasteiger partial charge in [0.05, 0.1) is 0 Å². The Hall–Kier alpha value is -1.51. The third kappa shape index (κ3) is 1.61. The second-order valence-electron chi connectivity index (χ2n) is 5.82. The Labute approximate surface area is 108 Å². The van der Waals surface area contributed by atoms with Gasteiger partial charge >= 0.3 is 0 Å². The van der Waals surface area contributed by atoms with Crippen molar-refractivity contribution in [2.75, 3.05) is 17.2 Å². The highest BCUT2D eigenvalue weighted by atomic mass is 16.2. The van der Waals surface area contributed by atoms with Crippen LogP contribution in [0.25, 0.3) is 0 Å². The molecule has 3 nitrogen and oxygen atoms in total. The molecule has 96 valence electrons. The molecule has 1 aromatic carbocycles. The van der Waals surface area contributed by atoms with Crippen molar-refractivity contribution in [3.05, 3.63) is 23.8 Å². The molecule has 0 bridgehead atoms. The first-order chi connectivity index (χ1) is 8.62. The Kier molecular flexibility index (Phi) is 2.58. The van der Waals surface area contributed by atoms with E-state index in [0.29, 0.717) is 5.91 Å². The first-order valence-electron chi connectivity index (χ1n) is 6.81. The van der Waals surface area contributed by atoms with Crippen LogP contribution in [0.3, 0.4) is 0 Å². The standard InChI is InChI=1S/C15H20N2O/c1-15(8-2-3-9-15)14(18)17-10-7-11-12(16)5-4-6-13(11)17/h4-6H,2-3,7-10,16H2,1H3. The van der Waals surface area contributed by atoms with Crippen LogP contribution in [0, 0.1) is 5.41 Å². The van der Waals surface area contributed by atoms with E-state index < -0.39 is 0 Å². The van der Waals surface area contributed by atoms with Crippen molar-refractivity contribution in [3.63, 3.8) is 0 Å². The van der Waals surface area contributed by atoms with Crippen LogP contribution in [-0.4, -0.2) is 12.5 Å². The van der Waals surface area contributed by atoms with E-state index in [1.54, 1.807) is 0 Å². The molecule has 1 aromatic rings. The van der Waals surface area contributed by atoms with E-state index >= 15 is 0 Å². The topological polar surface area (TPSA) is 46.3 Å². The second-order valence-corrected chi connectivity index (χ2v) is 5.82. The number of carbonyl (C=O) groups excluding carboxylic acids is 1. The molecular formula is C15H20N2O. The molecule has 0 aromatic heterocycles. The van der Waals surface area contributed by atoms with Crippen LogP contribution >= 0.6 is 0 Å². The Bertz CT molecular complexity index is 489. The first-order valence-corrected chi connectivity index (χ1v) is 6.81. The number of hydrogen-bond acceptors (Lipinski definition) is 2. The number of nitrogens with zero attached hydrogens (tertiary/aromatic N) is 1. The molecule has 3 rings (SSSR count). The summed E-state index contributed by atoms with van der Waals surface area (Å²) in [6, 6.07) is 5.88. The van der Waals surface area contributed by atoms with Crippen molar-refractivity contribution < 1.29 is 4.79 Å². The van der Waals surface area contributed by atoms with E-state index in [4.69, 9.17) is 5.73 Å².